The number of hydrogen-bond donors (Lipinski definition) is 2. The summed E-state index contributed by atoms with van der Waals surface area (Å²) in [6.45, 7) is 1.95. The number of hydrogen-bond acceptors (Lipinski definition) is 4. The second-order valence-electron chi connectivity index (χ2n) is 4.67. The summed E-state index contributed by atoms with van der Waals surface area (Å²) in [4.78, 5) is 0. The molecule has 1 unspecified atom stereocenters. The molecule has 1 aromatic carbocycles. The van der Waals surface area contributed by atoms with E-state index >= 15 is 0 Å². The van der Waals surface area contributed by atoms with Crippen molar-refractivity contribution in [3.63, 3.8) is 0 Å². The zero-order chi connectivity index (χ0) is 12.5. The van der Waals surface area contributed by atoms with Crippen molar-refractivity contribution in [2.45, 2.75) is 25.8 Å². The fourth-order valence-electron chi connectivity index (χ4n) is 2.10. The van der Waals surface area contributed by atoms with E-state index in [0.717, 1.165) is 29.8 Å². The summed E-state index contributed by atoms with van der Waals surface area (Å²) < 4.78 is 23.0. The number of nitrogens with one attached hydrogen (secondary N) is 1. The van der Waals surface area contributed by atoms with Gasteiger partial charge in [0.05, 0.1) is 11.5 Å². The lowest BCUT2D eigenvalue weighted by molar-refractivity contribution is 0.562. The fraction of sp³-hybridized carbons (Fsp3) is 0.500. The van der Waals surface area contributed by atoms with Crippen LogP contribution in [0.2, 0.25) is 0 Å². The van der Waals surface area contributed by atoms with Gasteiger partial charge in [-0.15, -0.1) is 0 Å². The van der Waals surface area contributed by atoms with Crippen LogP contribution in [0.15, 0.2) is 18.2 Å². The SMILES string of the molecule is Cc1ccc(NC2CCCS(=O)(=O)C2)cc1N. The van der Waals surface area contributed by atoms with Crippen LogP contribution in [0.1, 0.15) is 18.4 Å². The second-order valence-corrected chi connectivity index (χ2v) is 6.90. The zero-order valence-corrected chi connectivity index (χ0v) is 10.8. The van der Waals surface area contributed by atoms with Gasteiger partial charge in [0.1, 0.15) is 0 Å². The van der Waals surface area contributed by atoms with Crippen molar-refractivity contribution in [3.8, 4) is 0 Å². The molecule has 3 N–H and O–H groups in total. The number of nitrogens with two attached hydrogens (primary N) is 1. The molecule has 1 heterocycles. The third-order valence-corrected chi connectivity index (χ3v) is 4.93. The molecule has 4 nitrogen and oxygen atoms in total. The van der Waals surface area contributed by atoms with Gasteiger partial charge in [-0.25, -0.2) is 8.42 Å². The molecule has 94 valence electrons. The maximum Gasteiger partial charge on any atom is 0.152 e. The van der Waals surface area contributed by atoms with E-state index in [-0.39, 0.29) is 11.8 Å². The lowest BCUT2D eigenvalue weighted by Gasteiger charge is -2.24. The van der Waals surface area contributed by atoms with Crippen molar-refractivity contribution in [2.75, 3.05) is 22.6 Å². The van der Waals surface area contributed by atoms with Gasteiger partial charge in [0.2, 0.25) is 0 Å². The van der Waals surface area contributed by atoms with Gasteiger partial charge in [0.25, 0.3) is 0 Å². The summed E-state index contributed by atoms with van der Waals surface area (Å²) in [5.41, 5.74) is 8.48. The van der Waals surface area contributed by atoms with Gasteiger partial charge >= 0.3 is 0 Å². The maximum atomic E-state index is 11.5. The summed E-state index contributed by atoms with van der Waals surface area (Å²) in [5.74, 6) is 0.544. The first kappa shape index (κ1) is 12.2. The third-order valence-electron chi connectivity index (χ3n) is 3.11. The Hall–Kier alpha value is -1.23. The first-order valence-corrected chi connectivity index (χ1v) is 7.61. The number of sulfone groups is 1. The van der Waals surface area contributed by atoms with Crippen molar-refractivity contribution < 1.29 is 8.42 Å². The molecule has 0 saturated carbocycles. The van der Waals surface area contributed by atoms with Crippen LogP contribution in [0, 0.1) is 6.92 Å². The van der Waals surface area contributed by atoms with Crippen LogP contribution in [0.3, 0.4) is 0 Å². The normalized spacial score (nSPS) is 23.2. The molecule has 0 radical (unpaired) electrons. The molecule has 1 aliphatic heterocycles. The largest absolute Gasteiger partial charge is 0.398 e. The molecule has 1 atom stereocenters. The topological polar surface area (TPSA) is 72.2 Å². The van der Waals surface area contributed by atoms with Gasteiger partial charge in [-0.3, -0.25) is 0 Å². The van der Waals surface area contributed by atoms with Crippen molar-refractivity contribution in [1.82, 2.24) is 0 Å². The number of aryl methyl sites for hydroxylation is 1. The van der Waals surface area contributed by atoms with E-state index < -0.39 is 9.84 Å². The van der Waals surface area contributed by atoms with E-state index in [1.54, 1.807) is 0 Å². The second kappa shape index (κ2) is 4.56. The average molecular weight is 254 g/mol. The predicted octanol–water partition coefficient (Wildman–Crippen LogP) is 1.57. The van der Waals surface area contributed by atoms with Gasteiger partial charge in [-0.05, 0) is 37.5 Å². The van der Waals surface area contributed by atoms with Gasteiger partial charge < -0.3 is 11.1 Å². The van der Waals surface area contributed by atoms with Crippen LogP contribution in [0.5, 0.6) is 0 Å². The molecule has 1 saturated heterocycles. The minimum absolute atomic E-state index is 0.0101. The predicted molar refractivity (Wildman–Crippen MR) is 70.9 cm³/mol. The van der Waals surface area contributed by atoms with E-state index in [2.05, 4.69) is 5.32 Å². The standard InChI is InChI=1S/C12H18N2O2S/c1-9-4-5-10(7-12(9)13)14-11-3-2-6-17(15,16)8-11/h4-5,7,11,14H,2-3,6,8,13H2,1H3. The van der Waals surface area contributed by atoms with E-state index in [0.29, 0.717) is 5.75 Å². The molecular formula is C12H18N2O2S. The summed E-state index contributed by atoms with van der Waals surface area (Å²) in [6, 6.07) is 5.74. The molecule has 5 heteroatoms. The molecule has 17 heavy (non-hydrogen) atoms. The minimum atomic E-state index is -2.86. The van der Waals surface area contributed by atoms with Crippen LogP contribution < -0.4 is 11.1 Å². The monoisotopic (exact) mass is 254 g/mol. The molecule has 0 aromatic heterocycles. The lowest BCUT2D eigenvalue weighted by atomic mass is 10.1. The highest BCUT2D eigenvalue weighted by Gasteiger charge is 2.24. The number of anilines is 2. The molecule has 0 bridgehead atoms. The average Bonchev–Trinajstić information content (AvgIpc) is 2.22. The highest BCUT2D eigenvalue weighted by atomic mass is 32.2. The van der Waals surface area contributed by atoms with Gasteiger partial charge in [-0.1, -0.05) is 6.07 Å². The van der Waals surface area contributed by atoms with Crippen LogP contribution >= 0.6 is 0 Å². The summed E-state index contributed by atoms with van der Waals surface area (Å²) >= 11 is 0. The number of benzene rings is 1. The zero-order valence-electron chi connectivity index (χ0n) is 9.94. The van der Waals surface area contributed by atoms with Crippen molar-refractivity contribution in [3.05, 3.63) is 23.8 Å². The molecule has 0 spiro atoms. The Labute approximate surface area is 102 Å². The fourth-order valence-corrected chi connectivity index (χ4v) is 3.74. The van der Waals surface area contributed by atoms with E-state index in [4.69, 9.17) is 5.73 Å². The third kappa shape index (κ3) is 3.12. The summed E-state index contributed by atoms with van der Waals surface area (Å²) in [6.07, 6.45) is 1.63. The van der Waals surface area contributed by atoms with Crippen molar-refractivity contribution in [2.24, 2.45) is 0 Å². The quantitative estimate of drug-likeness (QED) is 0.786. The highest BCUT2D eigenvalue weighted by Crippen LogP contribution is 2.21. The summed E-state index contributed by atoms with van der Waals surface area (Å²) in [7, 11) is -2.86. The molecule has 0 amide bonds. The first-order valence-electron chi connectivity index (χ1n) is 5.79. The van der Waals surface area contributed by atoms with Gasteiger partial charge in [0, 0.05) is 17.4 Å². The Morgan fingerprint density at radius 1 is 1.41 bits per heavy atom. The van der Waals surface area contributed by atoms with Crippen molar-refractivity contribution in [1.29, 1.82) is 0 Å². The molecule has 2 rings (SSSR count). The van der Waals surface area contributed by atoms with Crippen LogP contribution in [0.25, 0.3) is 0 Å². The minimum Gasteiger partial charge on any atom is -0.398 e. The van der Waals surface area contributed by atoms with Crippen molar-refractivity contribution >= 4 is 21.2 Å². The molecule has 0 aliphatic carbocycles. The Morgan fingerprint density at radius 2 is 2.18 bits per heavy atom. The smallest absolute Gasteiger partial charge is 0.152 e. The molecule has 1 fully saturated rings. The molecule has 1 aliphatic rings. The van der Waals surface area contributed by atoms with E-state index in [1.807, 2.05) is 25.1 Å². The van der Waals surface area contributed by atoms with E-state index in [1.165, 1.54) is 0 Å². The molecule has 1 aromatic rings. The Morgan fingerprint density at radius 3 is 2.82 bits per heavy atom. The lowest BCUT2D eigenvalue weighted by Crippen LogP contribution is -2.34. The van der Waals surface area contributed by atoms with Crippen LogP contribution in [-0.2, 0) is 9.84 Å². The number of nitrogen functional groups attached to an aromatic ring is 1. The number of rotatable bonds is 2. The Kier molecular flexibility index (Phi) is 3.28. The first-order chi connectivity index (χ1) is 7.96. The van der Waals surface area contributed by atoms with Crippen LogP contribution in [-0.4, -0.2) is 26.0 Å². The Balaban J connectivity index is 2.08. The van der Waals surface area contributed by atoms with Gasteiger partial charge in [-0.2, -0.15) is 0 Å². The van der Waals surface area contributed by atoms with Crippen LogP contribution in [0.4, 0.5) is 11.4 Å². The maximum absolute atomic E-state index is 11.5. The van der Waals surface area contributed by atoms with E-state index in [9.17, 15) is 8.42 Å². The van der Waals surface area contributed by atoms with Gasteiger partial charge in [0.15, 0.2) is 9.84 Å². The highest BCUT2D eigenvalue weighted by molar-refractivity contribution is 7.91. The summed E-state index contributed by atoms with van der Waals surface area (Å²) in [5, 5.41) is 3.25. The Bertz CT molecular complexity index is 511. The molecular weight excluding hydrogens is 236 g/mol.